The first-order valence-electron chi connectivity index (χ1n) is 7.23. The Balaban J connectivity index is 2.07. The van der Waals surface area contributed by atoms with Gasteiger partial charge in [0.2, 0.25) is 5.91 Å². The van der Waals surface area contributed by atoms with E-state index in [0.717, 1.165) is 25.8 Å². The van der Waals surface area contributed by atoms with Crippen molar-refractivity contribution in [3.63, 3.8) is 0 Å². The van der Waals surface area contributed by atoms with Crippen LogP contribution in [0.15, 0.2) is 6.07 Å². The Hall–Kier alpha value is -1.29. The number of nitrogens with zero attached hydrogens (tertiary/aromatic N) is 1. The molecule has 0 aromatic carbocycles. The summed E-state index contributed by atoms with van der Waals surface area (Å²) in [6.07, 6.45) is 3.85. The largest absolute Gasteiger partial charge is 0.354 e. The Kier molecular flexibility index (Phi) is 4.30. The molecule has 4 heteroatoms. The zero-order valence-corrected chi connectivity index (χ0v) is 12.2. The number of hydrogen-bond donors (Lipinski definition) is 2. The molecule has 19 heavy (non-hydrogen) atoms. The Bertz CT molecular complexity index is 462. The average molecular weight is 263 g/mol. The zero-order chi connectivity index (χ0) is 14.0. The second-order valence-electron chi connectivity index (χ2n) is 5.81. The van der Waals surface area contributed by atoms with Crippen molar-refractivity contribution in [2.75, 3.05) is 0 Å². The first kappa shape index (κ1) is 14.1. The predicted octanol–water partition coefficient (Wildman–Crippen LogP) is 2.05. The molecule has 0 saturated heterocycles. The molecule has 2 rings (SSSR count). The topological polar surface area (TPSA) is 60.0 Å². The van der Waals surface area contributed by atoms with Gasteiger partial charge < -0.3 is 15.6 Å². The minimum absolute atomic E-state index is 0.122. The van der Waals surface area contributed by atoms with E-state index in [1.54, 1.807) is 0 Å². The molecule has 1 amide bonds. The van der Waals surface area contributed by atoms with Crippen LogP contribution in [0.2, 0.25) is 0 Å². The van der Waals surface area contributed by atoms with E-state index in [4.69, 9.17) is 5.73 Å². The normalized spacial score (nSPS) is 18.5. The van der Waals surface area contributed by atoms with E-state index in [9.17, 15) is 4.79 Å². The highest BCUT2D eigenvalue weighted by molar-refractivity contribution is 5.76. The van der Waals surface area contributed by atoms with Gasteiger partial charge in [-0.05, 0) is 51.7 Å². The first-order chi connectivity index (χ1) is 8.99. The second kappa shape index (κ2) is 5.78. The molecular weight excluding hydrogens is 238 g/mol. The maximum atomic E-state index is 11.7. The lowest BCUT2D eigenvalue weighted by atomic mass is 9.93. The lowest BCUT2D eigenvalue weighted by molar-refractivity contribution is -0.121. The fourth-order valence-electron chi connectivity index (χ4n) is 2.92. The minimum Gasteiger partial charge on any atom is -0.354 e. The number of amides is 1. The highest BCUT2D eigenvalue weighted by Crippen LogP contribution is 2.30. The molecular formula is C15H25N3O. The summed E-state index contributed by atoms with van der Waals surface area (Å²) in [5.74, 6) is 0.122. The fraction of sp³-hybridized carbons (Fsp3) is 0.667. The zero-order valence-electron chi connectivity index (χ0n) is 12.2. The first-order valence-corrected chi connectivity index (χ1v) is 7.23. The van der Waals surface area contributed by atoms with Gasteiger partial charge in [0.1, 0.15) is 0 Å². The molecule has 0 radical (unpaired) electrons. The third kappa shape index (κ3) is 3.18. The molecule has 106 valence electrons. The van der Waals surface area contributed by atoms with Crippen LogP contribution in [-0.4, -0.2) is 16.5 Å². The Morgan fingerprint density at radius 3 is 3.00 bits per heavy atom. The molecule has 0 bridgehead atoms. The van der Waals surface area contributed by atoms with Gasteiger partial charge in [-0.3, -0.25) is 4.79 Å². The number of carbonyl (C=O) groups excluding carboxylic acids is 1. The molecule has 0 fully saturated rings. The number of nitrogens with two attached hydrogens (primary N) is 1. The van der Waals surface area contributed by atoms with Crippen LogP contribution < -0.4 is 11.1 Å². The van der Waals surface area contributed by atoms with Crippen molar-refractivity contribution in [2.45, 2.75) is 65.1 Å². The number of hydrogen-bond acceptors (Lipinski definition) is 2. The van der Waals surface area contributed by atoms with Gasteiger partial charge in [0.25, 0.3) is 0 Å². The van der Waals surface area contributed by atoms with Crippen molar-refractivity contribution in [3.05, 3.63) is 23.0 Å². The van der Waals surface area contributed by atoms with Crippen LogP contribution in [0.25, 0.3) is 0 Å². The summed E-state index contributed by atoms with van der Waals surface area (Å²) in [6.45, 7) is 6.83. The van der Waals surface area contributed by atoms with Gasteiger partial charge in [0.15, 0.2) is 0 Å². The van der Waals surface area contributed by atoms with Crippen LogP contribution in [0, 0.1) is 6.92 Å². The number of fused-ring (bicyclic) bond motifs is 1. The van der Waals surface area contributed by atoms with Crippen LogP contribution in [-0.2, 0) is 17.8 Å². The summed E-state index contributed by atoms with van der Waals surface area (Å²) in [5, 5.41) is 2.94. The van der Waals surface area contributed by atoms with E-state index in [1.807, 2.05) is 13.8 Å². The maximum absolute atomic E-state index is 11.7. The number of carbonyl (C=O) groups is 1. The summed E-state index contributed by atoms with van der Waals surface area (Å²) < 4.78 is 2.27. The highest BCUT2D eigenvalue weighted by atomic mass is 16.1. The van der Waals surface area contributed by atoms with E-state index in [-0.39, 0.29) is 18.0 Å². The molecule has 1 unspecified atom stereocenters. The van der Waals surface area contributed by atoms with Gasteiger partial charge in [-0.1, -0.05) is 0 Å². The van der Waals surface area contributed by atoms with Gasteiger partial charge in [-0.25, -0.2) is 0 Å². The number of rotatable bonds is 4. The molecule has 1 aliphatic rings. The van der Waals surface area contributed by atoms with E-state index < -0.39 is 0 Å². The SMILES string of the molecule is Cc1cc2c(n1CCC(=O)NC(C)C)CCCC2N. The highest BCUT2D eigenvalue weighted by Gasteiger charge is 2.22. The van der Waals surface area contributed by atoms with Crippen molar-refractivity contribution in [1.29, 1.82) is 0 Å². The summed E-state index contributed by atoms with van der Waals surface area (Å²) in [7, 11) is 0. The van der Waals surface area contributed by atoms with Gasteiger partial charge in [0, 0.05) is 36.4 Å². The second-order valence-corrected chi connectivity index (χ2v) is 5.81. The van der Waals surface area contributed by atoms with Crippen molar-refractivity contribution < 1.29 is 4.79 Å². The monoisotopic (exact) mass is 263 g/mol. The average Bonchev–Trinajstić information content (AvgIpc) is 2.63. The lowest BCUT2D eigenvalue weighted by Gasteiger charge is -2.21. The van der Waals surface area contributed by atoms with Crippen molar-refractivity contribution in [2.24, 2.45) is 5.73 Å². The lowest BCUT2D eigenvalue weighted by Crippen LogP contribution is -2.31. The Labute approximate surface area is 115 Å². The summed E-state index contributed by atoms with van der Waals surface area (Å²) in [5.41, 5.74) is 10.0. The summed E-state index contributed by atoms with van der Waals surface area (Å²) in [4.78, 5) is 11.7. The molecule has 1 atom stereocenters. The van der Waals surface area contributed by atoms with Crippen LogP contribution in [0.5, 0.6) is 0 Å². The minimum atomic E-state index is 0.122. The van der Waals surface area contributed by atoms with Crippen LogP contribution >= 0.6 is 0 Å². The molecule has 1 aromatic rings. The van der Waals surface area contributed by atoms with Gasteiger partial charge in [0.05, 0.1) is 0 Å². The molecule has 1 aromatic heterocycles. The molecule has 0 spiro atoms. The van der Waals surface area contributed by atoms with Crippen molar-refractivity contribution in [1.82, 2.24) is 9.88 Å². The van der Waals surface area contributed by atoms with E-state index >= 15 is 0 Å². The van der Waals surface area contributed by atoms with E-state index in [2.05, 4.69) is 22.9 Å². The van der Waals surface area contributed by atoms with Crippen molar-refractivity contribution in [3.8, 4) is 0 Å². The molecule has 1 aliphatic carbocycles. The standard InChI is InChI=1S/C15H25N3O/c1-10(2)17-15(19)7-8-18-11(3)9-12-13(16)5-4-6-14(12)18/h9-10,13H,4-8,16H2,1-3H3,(H,17,19). The molecule has 4 nitrogen and oxygen atoms in total. The maximum Gasteiger partial charge on any atom is 0.221 e. The Morgan fingerprint density at radius 2 is 2.32 bits per heavy atom. The summed E-state index contributed by atoms with van der Waals surface area (Å²) in [6, 6.07) is 2.58. The molecule has 0 aliphatic heterocycles. The fourth-order valence-corrected chi connectivity index (χ4v) is 2.92. The van der Waals surface area contributed by atoms with Gasteiger partial charge >= 0.3 is 0 Å². The van der Waals surface area contributed by atoms with Gasteiger partial charge in [-0.2, -0.15) is 0 Å². The van der Waals surface area contributed by atoms with E-state index in [0.29, 0.717) is 6.42 Å². The summed E-state index contributed by atoms with van der Waals surface area (Å²) >= 11 is 0. The third-order valence-corrected chi connectivity index (χ3v) is 3.79. The van der Waals surface area contributed by atoms with Crippen LogP contribution in [0.1, 0.15) is 56.1 Å². The number of nitrogens with one attached hydrogen (secondary N) is 1. The number of aromatic nitrogens is 1. The Morgan fingerprint density at radius 1 is 1.58 bits per heavy atom. The molecule has 0 saturated carbocycles. The molecule has 3 N–H and O–H groups in total. The van der Waals surface area contributed by atoms with Crippen LogP contribution in [0.3, 0.4) is 0 Å². The van der Waals surface area contributed by atoms with E-state index in [1.165, 1.54) is 17.0 Å². The predicted molar refractivity (Wildman–Crippen MR) is 76.9 cm³/mol. The van der Waals surface area contributed by atoms with Gasteiger partial charge in [-0.15, -0.1) is 0 Å². The molecule has 1 heterocycles. The number of aryl methyl sites for hydroxylation is 1. The smallest absolute Gasteiger partial charge is 0.221 e. The third-order valence-electron chi connectivity index (χ3n) is 3.79. The van der Waals surface area contributed by atoms with Crippen molar-refractivity contribution >= 4 is 5.91 Å². The quantitative estimate of drug-likeness (QED) is 0.873. The van der Waals surface area contributed by atoms with Crippen LogP contribution in [0.4, 0.5) is 0 Å².